The van der Waals surface area contributed by atoms with E-state index in [0.29, 0.717) is 26.3 Å². The van der Waals surface area contributed by atoms with Gasteiger partial charge in [-0.2, -0.15) is 4.31 Å². The van der Waals surface area contributed by atoms with Gasteiger partial charge in [-0.05, 0) is 0 Å². The number of sulfonamides is 1. The third kappa shape index (κ3) is 3.74. The van der Waals surface area contributed by atoms with Crippen molar-refractivity contribution in [3.8, 4) is 0 Å². The van der Waals surface area contributed by atoms with E-state index in [0.717, 1.165) is 0 Å². The zero-order valence-electron chi connectivity index (χ0n) is 8.31. The number of carbonyl (C=O) groups is 1. The smallest absolute Gasteiger partial charge is 0.234 e. The van der Waals surface area contributed by atoms with Crippen molar-refractivity contribution in [1.82, 2.24) is 9.73 Å². The standard InChI is InChI=1S/C7H15N3O4S/c8-9-7(11)1-6-15(12,13)10-2-4-14-5-3-10/h1-6,8H2,(H,9,11). The van der Waals surface area contributed by atoms with Gasteiger partial charge in [-0.15, -0.1) is 0 Å². The number of hydrogen-bond acceptors (Lipinski definition) is 5. The summed E-state index contributed by atoms with van der Waals surface area (Å²) in [5, 5.41) is 0. The first kappa shape index (κ1) is 12.4. The van der Waals surface area contributed by atoms with Gasteiger partial charge in [0.2, 0.25) is 15.9 Å². The monoisotopic (exact) mass is 237 g/mol. The largest absolute Gasteiger partial charge is 0.379 e. The van der Waals surface area contributed by atoms with Gasteiger partial charge in [-0.3, -0.25) is 10.2 Å². The molecule has 0 aromatic heterocycles. The summed E-state index contributed by atoms with van der Waals surface area (Å²) in [7, 11) is -3.35. The van der Waals surface area contributed by atoms with E-state index in [4.69, 9.17) is 10.6 Å². The molecule has 0 atom stereocenters. The highest BCUT2D eigenvalue weighted by Crippen LogP contribution is 2.06. The molecule has 1 aliphatic heterocycles. The Morgan fingerprint density at radius 3 is 2.53 bits per heavy atom. The predicted octanol–water partition coefficient (Wildman–Crippen LogP) is -1.97. The second-order valence-electron chi connectivity index (χ2n) is 3.14. The minimum atomic E-state index is -3.35. The summed E-state index contributed by atoms with van der Waals surface area (Å²) in [5.41, 5.74) is 1.89. The minimum absolute atomic E-state index is 0.115. The topological polar surface area (TPSA) is 102 Å². The van der Waals surface area contributed by atoms with E-state index in [2.05, 4.69) is 0 Å². The number of hydrazine groups is 1. The van der Waals surface area contributed by atoms with Gasteiger partial charge < -0.3 is 4.74 Å². The highest BCUT2D eigenvalue weighted by molar-refractivity contribution is 7.89. The zero-order chi connectivity index (χ0) is 11.3. The third-order valence-electron chi connectivity index (χ3n) is 2.11. The lowest BCUT2D eigenvalue weighted by molar-refractivity contribution is -0.120. The molecule has 1 fully saturated rings. The fourth-order valence-electron chi connectivity index (χ4n) is 1.25. The number of nitrogens with zero attached hydrogens (tertiary/aromatic N) is 1. The summed E-state index contributed by atoms with van der Waals surface area (Å²) in [6, 6.07) is 0. The highest BCUT2D eigenvalue weighted by atomic mass is 32.2. The van der Waals surface area contributed by atoms with Crippen LogP contribution < -0.4 is 11.3 Å². The second kappa shape index (κ2) is 5.40. The first-order valence-corrected chi connectivity index (χ1v) is 6.22. The second-order valence-corrected chi connectivity index (χ2v) is 5.23. The SMILES string of the molecule is NNC(=O)CCS(=O)(=O)N1CCOCC1. The van der Waals surface area contributed by atoms with Crippen LogP contribution in [-0.4, -0.2) is 50.7 Å². The Morgan fingerprint density at radius 1 is 1.40 bits per heavy atom. The van der Waals surface area contributed by atoms with Crippen LogP contribution in [0, 0.1) is 0 Å². The van der Waals surface area contributed by atoms with Gasteiger partial charge in [0.1, 0.15) is 0 Å². The Labute approximate surface area is 88.6 Å². The summed E-state index contributed by atoms with van der Waals surface area (Å²) in [4.78, 5) is 10.8. The molecule has 0 radical (unpaired) electrons. The molecule has 0 saturated carbocycles. The number of rotatable bonds is 4. The molecule has 1 aliphatic rings. The Hall–Kier alpha value is -0.700. The van der Waals surface area contributed by atoms with E-state index < -0.39 is 15.9 Å². The van der Waals surface area contributed by atoms with Crippen LogP contribution in [0.25, 0.3) is 0 Å². The third-order valence-corrected chi connectivity index (χ3v) is 3.98. The molecule has 0 aliphatic carbocycles. The van der Waals surface area contributed by atoms with Crippen LogP contribution in [0.4, 0.5) is 0 Å². The van der Waals surface area contributed by atoms with Crippen molar-refractivity contribution in [2.45, 2.75) is 6.42 Å². The first-order chi connectivity index (χ1) is 7.06. The summed E-state index contributed by atoms with van der Waals surface area (Å²) in [6.45, 7) is 1.52. The van der Waals surface area contributed by atoms with E-state index in [1.54, 1.807) is 0 Å². The van der Waals surface area contributed by atoms with Crippen molar-refractivity contribution in [1.29, 1.82) is 0 Å². The zero-order valence-corrected chi connectivity index (χ0v) is 9.12. The maximum Gasteiger partial charge on any atom is 0.234 e. The molecule has 8 heteroatoms. The summed E-state index contributed by atoms with van der Waals surface area (Å²) in [5.74, 6) is 4.16. The van der Waals surface area contributed by atoms with Crippen LogP contribution in [0.3, 0.4) is 0 Å². The van der Waals surface area contributed by atoms with Crippen molar-refractivity contribution in [2.24, 2.45) is 5.84 Å². The molecule has 0 bridgehead atoms. The maximum atomic E-state index is 11.7. The Balaban J connectivity index is 2.46. The molecule has 1 amide bonds. The average molecular weight is 237 g/mol. The molecular formula is C7H15N3O4S. The number of nitrogens with two attached hydrogens (primary N) is 1. The lowest BCUT2D eigenvalue weighted by atomic mass is 10.5. The minimum Gasteiger partial charge on any atom is -0.379 e. The van der Waals surface area contributed by atoms with Crippen molar-refractivity contribution in [2.75, 3.05) is 32.1 Å². The molecule has 88 valence electrons. The number of morpholine rings is 1. The molecular weight excluding hydrogens is 222 g/mol. The van der Waals surface area contributed by atoms with Crippen LogP contribution >= 0.6 is 0 Å². The lowest BCUT2D eigenvalue weighted by Crippen LogP contribution is -2.42. The van der Waals surface area contributed by atoms with E-state index in [1.807, 2.05) is 5.43 Å². The molecule has 1 saturated heterocycles. The number of amides is 1. The molecule has 15 heavy (non-hydrogen) atoms. The summed E-state index contributed by atoms with van der Waals surface area (Å²) >= 11 is 0. The van der Waals surface area contributed by atoms with Crippen LogP contribution in [0.1, 0.15) is 6.42 Å². The van der Waals surface area contributed by atoms with Crippen LogP contribution in [0.2, 0.25) is 0 Å². The van der Waals surface area contributed by atoms with E-state index >= 15 is 0 Å². The number of nitrogens with one attached hydrogen (secondary N) is 1. The first-order valence-electron chi connectivity index (χ1n) is 4.61. The van der Waals surface area contributed by atoms with E-state index in [9.17, 15) is 13.2 Å². The fraction of sp³-hybridized carbons (Fsp3) is 0.857. The van der Waals surface area contributed by atoms with Gasteiger partial charge in [0.05, 0.1) is 19.0 Å². The average Bonchev–Trinajstić information content (AvgIpc) is 2.27. The fourth-order valence-corrected chi connectivity index (χ4v) is 2.65. The van der Waals surface area contributed by atoms with Gasteiger partial charge >= 0.3 is 0 Å². The van der Waals surface area contributed by atoms with Gasteiger partial charge in [-0.1, -0.05) is 0 Å². The molecule has 0 spiro atoms. The van der Waals surface area contributed by atoms with Gasteiger partial charge in [-0.25, -0.2) is 14.3 Å². The molecule has 0 aromatic carbocycles. The molecule has 7 nitrogen and oxygen atoms in total. The molecule has 0 aromatic rings. The Morgan fingerprint density at radius 2 is 2.00 bits per heavy atom. The van der Waals surface area contributed by atoms with E-state index in [1.165, 1.54) is 4.31 Å². The number of hydrogen-bond donors (Lipinski definition) is 2. The summed E-state index contributed by atoms with van der Waals surface area (Å²) in [6.07, 6.45) is -0.115. The van der Waals surface area contributed by atoms with Gasteiger partial charge in [0.25, 0.3) is 0 Å². The molecule has 1 heterocycles. The summed E-state index contributed by atoms with van der Waals surface area (Å²) < 4.78 is 29.7. The number of carbonyl (C=O) groups excluding carboxylic acids is 1. The predicted molar refractivity (Wildman–Crippen MR) is 53.1 cm³/mol. The normalized spacial score (nSPS) is 18.7. The van der Waals surface area contributed by atoms with Crippen molar-refractivity contribution in [3.05, 3.63) is 0 Å². The number of ether oxygens (including phenoxy) is 1. The highest BCUT2D eigenvalue weighted by Gasteiger charge is 2.24. The van der Waals surface area contributed by atoms with Crippen molar-refractivity contribution < 1.29 is 17.9 Å². The van der Waals surface area contributed by atoms with Crippen LogP contribution in [0.15, 0.2) is 0 Å². The Kier molecular flexibility index (Phi) is 4.45. The van der Waals surface area contributed by atoms with Crippen LogP contribution in [0.5, 0.6) is 0 Å². The molecule has 3 N–H and O–H groups in total. The Bertz CT molecular complexity index is 310. The lowest BCUT2D eigenvalue weighted by Gasteiger charge is -2.25. The quantitative estimate of drug-likeness (QED) is 0.335. The van der Waals surface area contributed by atoms with Crippen molar-refractivity contribution >= 4 is 15.9 Å². The molecule has 1 rings (SSSR count). The van der Waals surface area contributed by atoms with Crippen molar-refractivity contribution in [3.63, 3.8) is 0 Å². The molecule has 0 unspecified atom stereocenters. The van der Waals surface area contributed by atoms with Gasteiger partial charge in [0, 0.05) is 19.5 Å². The van der Waals surface area contributed by atoms with E-state index in [-0.39, 0.29) is 12.2 Å². The van der Waals surface area contributed by atoms with Crippen LogP contribution in [-0.2, 0) is 19.6 Å². The maximum absolute atomic E-state index is 11.7. The van der Waals surface area contributed by atoms with Gasteiger partial charge in [0.15, 0.2) is 0 Å².